The summed E-state index contributed by atoms with van der Waals surface area (Å²) >= 11 is 1.88. The highest BCUT2D eigenvalue weighted by molar-refractivity contribution is 7.99. The molecule has 0 unspecified atom stereocenters. The lowest BCUT2D eigenvalue weighted by atomic mass is 10.2. The van der Waals surface area contributed by atoms with E-state index in [1.165, 1.54) is 10.6 Å². The Bertz CT molecular complexity index is 342. The maximum Gasteiger partial charge on any atom is 0.0986 e. The molecule has 1 aromatic heterocycles. The molecule has 0 bridgehead atoms. The van der Waals surface area contributed by atoms with E-state index >= 15 is 0 Å². The first-order chi connectivity index (χ1) is 7.41. The quantitative estimate of drug-likeness (QED) is 0.804. The van der Waals surface area contributed by atoms with Crippen LogP contribution in [0.1, 0.15) is 39.0 Å². The van der Waals surface area contributed by atoms with Gasteiger partial charge in [0.25, 0.3) is 0 Å². The van der Waals surface area contributed by atoms with Gasteiger partial charge in [-0.15, -0.1) is 11.8 Å². The van der Waals surface area contributed by atoms with E-state index in [9.17, 15) is 0 Å². The summed E-state index contributed by atoms with van der Waals surface area (Å²) in [5.41, 5.74) is 2.48. The first kappa shape index (κ1) is 13.6. The second-order valence-electron chi connectivity index (χ2n) is 4.69. The molecule has 3 nitrogen and oxygen atoms in total. The van der Waals surface area contributed by atoms with Crippen molar-refractivity contribution in [1.82, 2.24) is 15.1 Å². The van der Waals surface area contributed by atoms with Crippen LogP contribution in [0.15, 0.2) is 5.03 Å². The van der Waals surface area contributed by atoms with E-state index in [-0.39, 0.29) is 0 Å². The number of nitrogens with zero attached hydrogens (tertiary/aromatic N) is 2. The fourth-order valence-electron chi connectivity index (χ4n) is 1.56. The van der Waals surface area contributed by atoms with Crippen LogP contribution in [-0.2, 0) is 13.6 Å². The van der Waals surface area contributed by atoms with Gasteiger partial charge in [-0.1, -0.05) is 27.7 Å². The van der Waals surface area contributed by atoms with Crippen molar-refractivity contribution >= 4 is 11.8 Å². The van der Waals surface area contributed by atoms with Gasteiger partial charge in [-0.05, 0) is 6.92 Å². The Morgan fingerprint density at radius 2 is 1.94 bits per heavy atom. The van der Waals surface area contributed by atoms with E-state index in [0.29, 0.717) is 11.3 Å². The molecule has 1 heterocycles. The standard InChI is InChI=1S/C12H23N3S/c1-8(2)13-7-11-10(5)14-15(6)12(11)16-9(3)4/h8-9,13H,7H2,1-6H3. The number of aromatic nitrogens is 2. The molecule has 4 heteroatoms. The molecule has 0 saturated carbocycles. The molecule has 0 saturated heterocycles. The Labute approximate surface area is 103 Å². The van der Waals surface area contributed by atoms with Gasteiger partial charge in [0.05, 0.1) is 10.7 Å². The number of aryl methyl sites for hydroxylation is 2. The summed E-state index contributed by atoms with van der Waals surface area (Å²) in [6, 6.07) is 0.511. The van der Waals surface area contributed by atoms with Crippen LogP contribution in [0.5, 0.6) is 0 Å². The van der Waals surface area contributed by atoms with Crippen LogP contribution >= 0.6 is 11.8 Å². The maximum atomic E-state index is 4.50. The van der Waals surface area contributed by atoms with Crippen LogP contribution in [-0.4, -0.2) is 21.1 Å². The zero-order valence-electron chi connectivity index (χ0n) is 11.2. The van der Waals surface area contributed by atoms with E-state index < -0.39 is 0 Å². The van der Waals surface area contributed by atoms with Crippen LogP contribution in [0.25, 0.3) is 0 Å². The monoisotopic (exact) mass is 241 g/mol. The average molecular weight is 241 g/mol. The Balaban J connectivity index is 2.87. The normalized spacial score (nSPS) is 11.8. The molecule has 0 aliphatic carbocycles. The van der Waals surface area contributed by atoms with Crippen LogP contribution in [0.4, 0.5) is 0 Å². The van der Waals surface area contributed by atoms with Crippen molar-refractivity contribution in [3.05, 3.63) is 11.3 Å². The van der Waals surface area contributed by atoms with Gasteiger partial charge in [0, 0.05) is 30.4 Å². The van der Waals surface area contributed by atoms with Gasteiger partial charge in [-0.3, -0.25) is 4.68 Å². The lowest BCUT2D eigenvalue weighted by Crippen LogP contribution is -2.22. The minimum Gasteiger partial charge on any atom is -0.310 e. The Morgan fingerprint density at radius 3 is 2.44 bits per heavy atom. The summed E-state index contributed by atoms with van der Waals surface area (Å²) in [5.74, 6) is 0. The third kappa shape index (κ3) is 3.52. The number of hydrogen-bond acceptors (Lipinski definition) is 3. The maximum absolute atomic E-state index is 4.50. The van der Waals surface area contributed by atoms with Gasteiger partial charge in [-0.25, -0.2) is 0 Å². The van der Waals surface area contributed by atoms with Gasteiger partial charge in [-0.2, -0.15) is 5.10 Å². The average Bonchev–Trinajstić information content (AvgIpc) is 2.38. The highest BCUT2D eigenvalue weighted by Gasteiger charge is 2.14. The molecule has 0 fully saturated rings. The molecule has 0 aliphatic rings. The summed E-state index contributed by atoms with van der Waals surface area (Å²) in [4.78, 5) is 0. The van der Waals surface area contributed by atoms with Crippen molar-refractivity contribution < 1.29 is 0 Å². The van der Waals surface area contributed by atoms with Crippen molar-refractivity contribution in [2.24, 2.45) is 7.05 Å². The Hall–Kier alpha value is -0.480. The fraction of sp³-hybridized carbons (Fsp3) is 0.750. The van der Waals surface area contributed by atoms with Crippen LogP contribution < -0.4 is 5.32 Å². The Kier molecular flexibility index (Phi) is 4.87. The summed E-state index contributed by atoms with van der Waals surface area (Å²) < 4.78 is 2.00. The first-order valence-electron chi connectivity index (χ1n) is 5.84. The van der Waals surface area contributed by atoms with Gasteiger partial charge in [0.2, 0.25) is 0 Å². The van der Waals surface area contributed by atoms with Gasteiger partial charge in [0.15, 0.2) is 0 Å². The molecular weight excluding hydrogens is 218 g/mol. The molecule has 0 aliphatic heterocycles. The van der Waals surface area contributed by atoms with Crippen molar-refractivity contribution in [3.63, 3.8) is 0 Å². The van der Waals surface area contributed by atoms with Gasteiger partial charge >= 0.3 is 0 Å². The van der Waals surface area contributed by atoms with E-state index in [1.54, 1.807) is 0 Å². The lowest BCUT2D eigenvalue weighted by molar-refractivity contribution is 0.580. The largest absolute Gasteiger partial charge is 0.310 e. The zero-order valence-corrected chi connectivity index (χ0v) is 12.0. The predicted octanol–water partition coefficient (Wildman–Crippen LogP) is 2.73. The molecule has 1 rings (SSSR count). The topological polar surface area (TPSA) is 29.9 Å². The van der Waals surface area contributed by atoms with Crippen LogP contribution in [0.2, 0.25) is 0 Å². The highest BCUT2D eigenvalue weighted by Crippen LogP contribution is 2.28. The number of rotatable bonds is 5. The minimum absolute atomic E-state index is 0.511. The van der Waals surface area contributed by atoms with Gasteiger partial charge < -0.3 is 5.32 Å². The molecule has 0 spiro atoms. The minimum atomic E-state index is 0.511. The van der Waals surface area contributed by atoms with Gasteiger partial charge in [0.1, 0.15) is 0 Å². The molecule has 1 aromatic rings. The van der Waals surface area contributed by atoms with Crippen molar-refractivity contribution in [2.45, 2.75) is 57.5 Å². The van der Waals surface area contributed by atoms with E-state index in [0.717, 1.165) is 12.2 Å². The van der Waals surface area contributed by atoms with Crippen LogP contribution in [0.3, 0.4) is 0 Å². The molecule has 16 heavy (non-hydrogen) atoms. The molecular formula is C12H23N3S. The van der Waals surface area contributed by atoms with E-state index in [2.05, 4.69) is 45.0 Å². The highest BCUT2D eigenvalue weighted by atomic mass is 32.2. The summed E-state index contributed by atoms with van der Waals surface area (Å²) in [6.07, 6.45) is 0. The molecule has 0 atom stereocenters. The zero-order chi connectivity index (χ0) is 12.3. The van der Waals surface area contributed by atoms with E-state index in [4.69, 9.17) is 0 Å². The number of nitrogens with one attached hydrogen (secondary N) is 1. The lowest BCUT2D eigenvalue weighted by Gasteiger charge is -2.11. The van der Waals surface area contributed by atoms with Crippen molar-refractivity contribution in [2.75, 3.05) is 0 Å². The first-order valence-corrected chi connectivity index (χ1v) is 6.72. The SMILES string of the molecule is Cc1nn(C)c(SC(C)C)c1CNC(C)C. The summed E-state index contributed by atoms with van der Waals surface area (Å²) in [6.45, 7) is 11.8. The molecule has 0 radical (unpaired) electrons. The van der Waals surface area contributed by atoms with Crippen molar-refractivity contribution in [3.8, 4) is 0 Å². The third-order valence-electron chi connectivity index (χ3n) is 2.32. The van der Waals surface area contributed by atoms with E-state index in [1.807, 2.05) is 23.5 Å². The summed E-state index contributed by atoms with van der Waals surface area (Å²) in [7, 11) is 2.02. The third-order valence-corrected chi connectivity index (χ3v) is 3.53. The molecule has 1 N–H and O–H groups in total. The predicted molar refractivity (Wildman–Crippen MR) is 70.9 cm³/mol. The second kappa shape index (κ2) is 5.73. The molecule has 0 amide bonds. The van der Waals surface area contributed by atoms with Crippen molar-refractivity contribution in [1.29, 1.82) is 0 Å². The second-order valence-corrected chi connectivity index (χ2v) is 6.26. The summed E-state index contributed by atoms with van der Waals surface area (Å²) in [5, 5.41) is 9.84. The molecule has 92 valence electrons. The fourth-order valence-corrected chi connectivity index (χ4v) is 2.56. The molecule has 0 aromatic carbocycles. The number of thioether (sulfide) groups is 1. The smallest absolute Gasteiger partial charge is 0.0986 e. The number of hydrogen-bond donors (Lipinski definition) is 1. The van der Waals surface area contributed by atoms with Crippen LogP contribution in [0, 0.1) is 6.92 Å². The Morgan fingerprint density at radius 1 is 1.31 bits per heavy atom.